The molecule has 0 radical (unpaired) electrons. The molecule has 0 saturated carbocycles. The van der Waals surface area contributed by atoms with Crippen LogP contribution < -0.4 is 10.6 Å². The Morgan fingerprint density at radius 2 is 1.89 bits per heavy atom. The topological polar surface area (TPSA) is 74.3 Å². The van der Waals surface area contributed by atoms with E-state index in [4.69, 9.17) is 0 Å². The van der Waals surface area contributed by atoms with Crippen molar-refractivity contribution in [1.29, 1.82) is 0 Å². The summed E-state index contributed by atoms with van der Waals surface area (Å²) in [6.07, 6.45) is 4.02. The highest BCUT2D eigenvalue weighted by Gasteiger charge is 2.13. The van der Waals surface area contributed by atoms with Gasteiger partial charge in [0.25, 0.3) is 5.91 Å². The number of carbonyl (C=O) groups is 2. The van der Waals surface area contributed by atoms with Crippen LogP contribution in [0.25, 0.3) is 0 Å². The fraction of sp³-hybridized carbons (Fsp3) is 0.421. The van der Waals surface area contributed by atoms with Gasteiger partial charge in [-0.2, -0.15) is 0 Å². The van der Waals surface area contributed by atoms with Crippen LogP contribution in [-0.4, -0.2) is 41.3 Å². The summed E-state index contributed by atoms with van der Waals surface area (Å²) in [7, 11) is 0. The van der Waals surface area contributed by atoms with Gasteiger partial charge in [0.15, 0.2) is 5.13 Å². The van der Waals surface area contributed by atoms with E-state index in [1.54, 1.807) is 12.1 Å². The second kappa shape index (κ2) is 9.96. The molecule has 2 heterocycles. The Balaban J connectivity index is 1.39. The van der Waals surface area contributed by atoms with E-state index >= 15 is 0 Å². The fourth-order valence-corrected chi connectivity index (χ4v) is 3.94. The van der Waals surface area contributed by atoms with Gasteiger partial charge in [-0.3, -0.25) is 14.5 Å². The van der Waals surface area contributed by atoms with E-state index < -0.39 is 0 Å². The summed E-state index contributed by atoms with van der Waals surface area (Å²) in [5, 5.41) is 8.19. The minimum Gasteiger partial charge on any atom is -0.352 e. The monoisotopic (exact) mass is 450 g/mol. The van der Waals surface area contributed by atoms with E-state index in [1.165, 1.54) is 30.6 Å². The molecule has 2 aromatic rings. The number of hydrogen-bond acceptors (Lipinski definition) is 5. The molecule has 1 saturated heterocycles. The average Bonchev–Trinajstić information content (AvgIpc) is 3.09. The number of halogens is 1. The van der Waals surface area contributed by atoms with Gasteiger partial charge in [0.05, 0.1) is 5.69 Å². The van der Waals surface area contributed by atoms with Gasteiger partial charge >= 0.3 is 0 Å². The second-order valence-corrected chi connectivity index (χ2v) is 8.32. The minimum absolute atomic E-state index is 0.148. The normalized spacial score (nSPS) is 14.7. The third-order valence-electron chi connectivity index (χ3n) is 4.38. The number of likely N-dealkylation sites (tertiary alicyclic amines) is 1. The summed E-state index contributed by atoms with van der Waals surface area (Å²) in [4.78, 5) is 31.0. The molecule has 1 aromatic carbocycles. The number of nitrogens with one attached hydrogen (secondary N) is 2. The average molecular weight is 451 g/mol. The van der Waals surface area contributed by atoms with Crippen LogP contribution in [-0.2, 0) is 11.3 Å². The van der Waals surface area contributed by atoms with Gasteiger partial charge in [0.1, 0.15) is 0 Å². The lowest BCUT2D eigenvalue weighted by Gasteiger charge is -2.25. The van der Waals surface area contributed by atoms with Crippen molar-refractivity contribution in [1.82, 2.24) is 15.2 Å². The maximum absolute atomic E-state index is 12.1. The summed E-state index contributed by atoms with van der Waals surface area (Å²) in [5.41, 5.74) is 1.57. The molecular weight excluding hydrogens is 428 g/mol. The molecule has 1 fully saturated rings. The number of carbonyl (C=O) groups excluding carboxylic acids is 2. The van der Waals surface area contributed by atoms with Gasteiger partial charge in [0, 0.05) is 34.9 Å². The smallest absolute Gasteiger partial charge is 0.251 e. The summed E-state index contributed by atoms with van der Waals surface area (Å²) in [6, 6.07) is 7.09. The van der Waals surface area contributed by atoms with Gasteiger partial charge < -0.3 is 10.6 Å². The second-order valence-electron chi connectivity index (χ2n) is 6.54. The van der Waals surface area contributed by atoms with Crippen LogP contribution in [0.2, 0.25) is 0 Å². The number of hydrogen-bond donors (Lipinski definition) is 2. The number of rotatable bonds is 7. The Morgan fingerprint density at radius 1 is 1.15 bits per heavy atom. The number of anilines is 1. The predicted octanol–water partition coefficient (Wildman–Crippen LogP) is 3.65. The van der Waals surface area contributed by atoms with Crippen molar-refractivity contribution in [2.75, 3.05) is 25.0 Å². The molecule has 3 rings (SSSR count). The molecule has 0 bridgehead atoms. The molecule has 144 valence electrons. The zero-order valence-corrected chi connectivity index (χ0v) is 17.4. The molecule has 6 nitrogen and oxygen atoms in total. The van der Waals surface area contributed by atoms with Crippen molar-refractivity contribution in [2.45, 2.75) is 32.2 Å². The largest absolute Gasteiger partial charge is 0.352 e. The number of piperidine rings is 1. The Hall–Kier alpha value is -1.77. The van der Waals surface area contributed by atoms with E-state index in [0.717, 1.165) is 29.8 Å². The Bertz CT molecular complexity index is 772. The number of benzene rings is 1. The zero-order chi connectivity index (χ0) is 19.1. The van der Waals surface area contributed by atoms with Crippen molar-refractivity contribution in [3.05, 3.63) is 45.4 Å². The van der Waals surface area contributed by atoms with Crippen LogP contribution in [0.5, 0.6) is 0 Å². The number of nitrogens with zero attached hydrogens (tertiary/aromatic N) is 2. The highest BCUT2D eigenvalue weighted by atomic mass is 79.9. The van der Waals surface area contributed by atoms with E-state index in [9.17, 15) is 9.59 Å². The van der Waals surface area contributed by atoms with Crippen LogP contribution >= 0.6 is 27.3 Å². The lowest BCUT2D eigenvalue weighted by atomic mass is 10.1. The fourth-order valence-electron chi connectivity index (χ4n) is 2.96. The predicted molar refractivity (Wildman–Crippen MR) is 111 cm³/mol. The van der Waals surface area contributed by atoms with E-state index in [2.05, 4.69) is 36.4 Å². The molecule has 0 atom stereocenters. The molecule has 1 aromatic heterocycles. The molecule has 8 heteroatoms. The first kappa shape index (κ1) is 20.0. The molecule has 1 aliphatic heterocycles. The third-order valence-corrected chi connectivity index (χ3v) is 5.71. The van der Waals surface area contributed by atoms with Crippen LogP contribution in [0.1, 0.15) is 41.7 Å². The zero-order valence-electron chi connectivity index (χ0n) is 15.0. The summed E-state index contributed by atoms with van der Waals surface area (Å²) in [6.45, 7) is 3.37. The van der Waals surface area contributed by atoms with Crippen molar-refractivity contribution in [2.24, 2.45) is 0 Å². The molecule has 2 amide bonds. The molecule has 0 spiro atoms. The van der Waals surface area contributed by atoms with Crippen molar-refractivity contribution < 1.29 is 9.59 Å². The summed E-state index contributed by atoms with van der Waals surface area (Å²) in [5.74, 6) is -0.335. The Kier molecular flexibility index (Phi) is 7.37. The first-order valence-electron chi connectivity index (χ1n) is 9.10. The summed E-state index contributed by atoms with van der Waals surface area (Å²) >= 11 is 4.78. The third kappa shape index (κ3) is 6.41. The first-order valence-corrected chi connectivity index (χ1v) is 10.8. The van der Waals surface area contributed by atoms with Gasteiger partial charge in [-0.1, -0.05) is 22.4 Å². The Labute approximate surface area is 171 Å². The van der Waals surface area contributed by atoms with Gasteiger partial charge in [-0.25, -0.2) is 4.98 Å². The van der Waals surface area contributed by atoms with Gasteiger partial charge in [-0.15, -0.1) is 11.3 Å². The van der Waals surface area contributed by atoms with Crippen molar-refractivity contribution >= 4 is 44.2 Å². The number of aromatic nitrogens is 1. The lowest BCUT2D eigenvalue weighted by molar-refractivity contribution is -0.116. The van der Waals surface area contributed by atoms with Crippen LogP contribution in [0, 0.1) is 0 Å². The number of thiazole rings is 1. The van der Waals surface area contributed by atoms with Gasteiger partial charge in [0.2, 0.25) is 5.91 Å². The Morgan fingerprint density at radius 3 is 2.63 bits per heavy atom. The molecule has 0 unspecified atom stereocenters. The number of amides is 2. The SMILES string of the molecule is O=C(CCNC(=O)c1ccc(Br)cc1)Nc1nc(CN2CCCCC2)cs1. The molecular formula is C19H23BrN4O2S. The standard InChI is InChI=1S/C19H23BrN4O2S/c20-15-6-4-14(5-7-15)18(26)21-9-8-17(25)23-19-22-16(13-27-19)12-24-10-2-1-3-11-24/h4-7,13H,1-3,8-12H2,(H,21,26)(H,22,23,25). The highest BCUT2D eigenvalue weighted by molar-refractivity contribution is 9.10. The van der Waals surface area contributed by atoms with Crippen molar-refractivity contribution in [3.63, 3.8) is 0 Å². The first-order chi connectivity index (χ1) is 13.1. The van der Waals surface area contributed by atoms with Gasteiger partial charge in [-0.05, 0) is 50.2 Å². The highest BCUT2D eigenvalue weighted by Crippen LogP contribution is 2.19. The lowest BCUT2D eigenvalue weighted by Crippen LogP contribution is -2.29. The molecule has 2 N–H and O–H groups in total. The van der Waals surface area contributed by atoms with E-state index in [0.29, 0.717) is 10.7 Å². The molecule has 1 aliphatic rings. The van der Waals surface area contributed by atoms with Crippen molar-refractivity contribution in [3.8, 4) is 0 Å². The summed E-state index contributed by atoms with van der Waals surface area (Å²) < 4.78 is 0.918. The maximum atomic E-state index is 12.1. The minimum atomic E-state index is -0.187. The van der Waals surface area contributed by atoms with Crippen LogP contribution in [0.3, 0.4) is 0 Å². The van der Waals surface area contributed by atoms with E-state index in [-0.39, 0.29) is 24.8 Å². The van der Waals surface area contributed by atoms with Crippen LogP contribution in [0.4, 0.5) is 5.13 Å². The molecule has 0 aliphatic carbocycles. The van der Waals surface area contributed by atoms with Crippen LogP contribution in [0.15, 0.2) is 34.1 Å². The quantitative estimate of drug-likeness (QED) is 0.674. The van der Waals surface area contributed by atoms with E-state index in [1.807, 2.05) is 17.5 Å². The molecule has 27 heavy (non-hydrogen) atoms. The maximum Gasteiger partial charge on any atom is 0.251 e.